The number of hydrogen-bond acceptors (Lipinski definition) is 3. The van der Waals surface area contributed by atoms with E-state index in [9.17, 15) is 0 Å². The van der Waals surface area contributed by atoms with E-state index in [0.717, 1.165) is 6.61 Å². The Morgan fingerprint density at radius 2 is 1.93 bits per heavy atom. The highest BCUT2D eigenvalue weighted by molar-refractivity contribution is 5.60. The Bertz CT molecular complexity index is 149. The fourth-order valence-corrected chi connectivity index (χ4v) is 1.56. The zero-order valence-electron chi connectivity index (χ0n) is 10.5. The molecule has 0 bridgehead atoms. The number of ether oxygens (including phenoxy) is 1. The Morgan fingerprint density at radius 3 is 2.27 bits per heavy atom. The number of hydrogen-bond donors (Lipinski definition) is 0. The van der Waals surface area contributed by atoms with Crippen molar-refractivity contribution in [3.8, 4) is 0 Å². The number of methoxy groups -OCH3 is 1. The molecule has 90 valence electrons. The molecule has 0 aliphatic heterocycles. The van der Waals surface area contributed by atoms with Crippen LogP contribution < -0.4 is 0 Å². The molecule has 0 aliphatic carbocycles. The Labute approximate surface area is 93.9 Å². The van der Waals surface area contributed by atoms with Crippen molar-refractivity contribution in [3.05, 3.63) is 0 Å². The van der Waals surface area contributed by atoms with Crippen molar-refractivity contribution in [1.82, 2.24) is 0 Å². The van der Waals surface area contributed by atoms with Gasteiger partial charge in [-0.05, 0) is 24.7 Å². The van der Waals surface area contributed by atoms with Crippen molar-refractivity contribution in [2.45, 2.75) is 33.1 Å². The number of carbonyl (C=O) groups is 1. The van der Waals surface area contributed by atoms with Crippen LogP contribution in [-0.2, 0) is 9.53 Å². The van der Waals surface area contributed by atoms with Gasteiger partial charge in [-0.2, -0.15) is 0 Å². The summed E-state index contributed by atoms with van der Waals surface area (Å²) < 4.78 is 5.17. The smallest absolute Gasteiger partial charge is 0.106 e. The highest BCUT2D eigenvalue weighted by atomic mass is 16.5. The molecule has 3 nitrogen and oxygen atoms in total. The lowest BCUT2D eigenvalue weighted by atomic mass is 9.92. The van der Waals surface area contributed by atoms with Gasteiger partial charge in [0.05, 0.1) is 0 Å². The molecular weight excluding hydrogens is 190 g/mol. The van der Waals surface area contributed by atoms with Crippen LogP contribution in [0.15, 0.2) is 4.99 Å². The first-order chi connectivity index (χ1) is 7.28. The molecule has 0 aromatic carbocycles. The lowest BCUT2D eigenvalue weighted by Crippen LogP contribution is -2.13. The quantitative estimate of drug-likeness (QED) is 0.612. The summed E-state index contributed by atoms with van der Waals surface area (Å²) >= 11 is 0. The standard InChI is InChI=1S/C11H23NO.CH2O/c1-5-10(8-12-3)7-11(6-2)9-13-4;1-2/h8,10-11H,5-7,9H2,1-4H3;1H2. The summed E-state index contributed by atoms with van der Waals surface area (Å²) in [4.78, 5) is 12.1. The van der Waals surface area contributed by atoms with Gasteiger partial charge in [0.1, 0.15) is 6.79 Å². The molecule has 0 rings (SSSR count). The van der Waals surface area contributed by atoms with Crippen LogP contribution in [0.25, 0.3) is 0 Å². The van der Waals surface area contributed by atoms with Gasteiger partial charge in [-0.25, -0.2) is 0 Å². The van der Waals surface area contributed by atoms with E-state index in [0.29, 0.717) is 11.8 Å². The first kappa shape index (κ1) is 16.7. The highest BCUT2D eigenvalue weighted by Gasteiger charge is 2.11. The van der Waals surface area contributed by atoms with Gasteiger partial charge in [0.2, 0.25) is 0 Å². The molecule has 2 unspecified atom stereocenters. The van der Waals surface area contributed by atoms with E-state index in [1.807, 2.05) is 13.8 Å². The van der Waals surface area contributed by atoms with Crippen LogP contribution in [0.3, 0.4) is 0 Å². The fourth-order valence-electron chi connectivity index (χ4n) is 1.56. The number of rotatable bonds is 7. The van der Waals surface area contributed by atoms with Crippen LogP contribution in [0.1, 0.15) is 33.1 Å². The molecular formula is C12H25NO2. The maximum Gasteiger partial charge on any atom is 0.106 e. The monoisotopic (exact) mass is 215 g/mol. The Kier molecular flexibility index (Phi) is 14.8. The van der Waals surface area contributed by atoms with Crippen molar-refractivity contribution >= 4 is 13.0 Å². The van der Waals surface area contributed by atoms with Crippen LogP contribution in [0.4, 0.5) is 0 Å². The summed E-state index contributed by atoms with van der Waals surface area (Å²) in [5.74, 6) is 1.32. The number of nitrogens with zero attached hydrogens (tertiary/aromatic N) is 1. The van der Waals surface area contributed by atoms with Gasteiger partial charge in [-0.15, -0.1) is 0 Å². The minimum absolute atomic E-state index is 0.630. The molecule has 0 spiro atoms. The fraction of sp³-hybridized carbons (Fsp3) is 0.833. The van der Waals surface area contributed by atoms with Crippen molar-refractivity contribution in [2.75, 3.05) is 20.8 Å². The second kappa shape index (κ2) is 13.3. The van der Waals surface area contributed by atoms with Crippen LogP contribution in [0.5, 0.6) is 0 Å². The Hall–Kier alpha value is -0.700. The van der Waals surface area contributed by atoms with Crippen LogP contribution >= 0.6 is 0 Å². The van der Waals surface area contributed by atoms with Crippen molar-refractivity contribution < 1.29 is 9.53 Å². The second-order valence-electron chi connectivity index (χ2n) is 3.54. The molecule has 0 fully saturated rings. The van der Waals surface area contributed by atoms with E-state index in [-0.39, 0.29) is 0 Å². The SMILES string of the molecule is C=O.CCC(C=NC)CC(CC)COC. The zero-order valence-corrected chi connectivity index (χ0v) is 10.5. The predicted molar refractivity (Wildman–Crippen MR) is 65.6 cm³/mol. The first-order valence-corrected chi connectivity index (χ1v) is 5.48. The first-order valence-electron chi connectivity index (χ1n) is 5.48. The zero-order chi connectivity index (χ0) is 12.1. The molecule has 0 heterocycles. The molecule has 0 N–H and O–H groups in total. The van der Waals surface area contributed by atoms with Crippen LogP contribution in [-0.4, -0.2) is 33.8 Å². The topological polar surface area (TPSA) is 38.7 Å². The van der Waals surface area contributed by atoms with E-state index in [1.165, 1.54) is 19.3 Å². The average molecular weight is 215 g/mol. The molecule has 0 aromatic heterocycles. The minimum Gasteiger partial charge on any atom is -0.384 e. The molecule has 2 atom stereocenters. The molecule has 0 saturated carbocycles. The summed E-state index contributed by atoms with van der Waals surface area (Å²) in [6, 6.07) is 0. The summed E-state index contributed by atoms with van der Waals surface area (Å²) in [6.45, 7) is 7.32. The maximum atomic E-state index is 8.00. The van der Waals surface area contributed by atoms with Gasteiger partial charge in [-0.1, -0.05) is 20.3 Å². The second-order valence-corrected chi connectivity index (χ2v) is 3.54. The van der Waals surface area contributed by atoms with E-state index < -0.39 is 0 Å². The summed E-state index contributed by atoms with van der Waals surface area (Å²) in [5, 5.41) is 0. The molecule has 0 aromatic rings. The molecule has 0 amide bonds. The van der Waals surface area contributed by atoms with Gasteiger partial charge in [0.15, 0.2) is 0 Å². The highest BCUT2D eigenvalue weighted by Crippen LogP contribution is 2.17. The molecule has 3 heteroatoms. The Morgan fingerprint density at radius 1 is 1.33 bits per heavy atom. The Balaban J connectivity index is 0. The molecule has 15 heavy (non-hydrogen) atoms. The lowest BCUT2D eigenvalue weighted by molar-refractivity contribution is -0.0979. The third-order valence-electron chi connectivity index (χ3n) is 2.50. The van der Waals surface area contributed by atoms with Gasteiger partial charge in [0.25, 0.3) is 0 Å². The van der Waals surface area contributed by atoms with Gasteiger partial charge in [-0.3, -0.25) is 0 Å². The normalized spacial score (nSPS) is 14.4. The predicted octanol–water partition coefficient (Wildman–Crippen LogP) is 2.59. The average Bonchev–Trinajstić information content (AvgIpc) is 2.30. The summed E-state index contributed by atoms with van der Waals surface area (Å²) in [7, 11) is 3.62. The van der Waals surface area contributed by atoms with Gasteiger partial charge in [0, 0.05) is 27.0 Å². The van der Waals surface area contributed by atoms with Gasteiger partial charge < -0.3 is 14.5 Å². The molecule has 0 radical (unpaired) electrons. The molecule has 0 aliphatic rings. The van der Waals surface area contributed by atoms with E-state index in [2.05, 4.69) is 25.1 Å². The maximum absolute atomic E-state index is 8.00. The third kappa shape index (κ3) is 9.60. The largest absolute Gasteiger partial charge is 0.384 e. The minimum atomic E-state index is 0.630. The van der Waals surface area contributed by atoms with Crippen molar-refractivity contribution in [1.29, 1.82) is 0 Å². The third-order valence-corrected chi connectivity index (χ3v) is 2.50. The number of aliphatic imine (C=N–C) groups is 1. The van der Waals surface area contributed by atoms with Crippen LogP contribution in [0, 0.1) is 11.8 Å². The van der Waals surface area contributed by atoms with E-state index in [1.54, 1.807) is 7.11 Å². The molecule has 0 saturated heterocycles. The summed E-state index contributed by atoms with van der Waals surface area (Å²) in [5.41, 5.74) is 0. The summed E-state index contributed by atoms with van der Waals surface area (Å²) in [6.07, 6.45) is 5.65. The van der Waals surface area contributed by atoms with Crippen molar-refractivity contribution in [2.24, 2.45) is 16.8 Å². The van der Waals surface area contributed by atoms with Crippen molar-refractivity contribution in [3.63, 3.8) is 0 Å². The van der Waals surface area contributed by atoms with Gasteiger partial charge >= 0.3 is 0 Å². The number of carbonyl (C=O) groups excluding carboxylic acids is 1. The van der Waals surface area contributed by atoms with Crippen LogP contribution in [0.2, 0.25) is 0 Å². The lowest BCUT2D eigenvalue weighted by Gasteiger charge is -2.17. The van der Waals surface area contributed by atoms with E-state index >= 15 is 0 Å². The van der Waals surface area contributed by atoms with E-state index in [4.69, 9.17) is 9.53 Å².